The second kappa shape index (κ2) is 6.26. The van der Waals surface area contributed by atoms with Crippen LogP contribution in [0.4, 0.5) is 4.39 Å². The first-order valence-corrected chi connectivity index (χ1v) is 6.38. The van der Waals surface area contributed by atoms with Gasteiger partial charge in [0, 0.05) is 5.02 Å². The minimum absolute atomic E-state index is 0.0939. The molecule has 0 aromatic heterocycles. The Kier molecular flexibility index (Phi) is 4.65. The summed E-state index contributed by atoms with van der Waals surface area (Å²) in [6, 6.07) is 9.06. The van der Waals surface area contributed by atoms with Gasteiger partial charge in [-0.1, -0.05) is 17.7 Å². The average Bonchev–Trinajstić information content (AvgIpc) is 2.37. The van der Waals surface area contributed by atoms with Gasteiger partial charge in [-0.2, -0.15) is 0 Å². The van der Waals surface area contributed by atoms with Crippen LogP contribution in [0.3, 0.4) is 0 Å². The summed E-state index contributed by atoms with van der Waals surface area (Å²) in [5, 5.41) is 18.7. The summed E-state index contributed by atoms with van der Waals surface area (Å²) in [6.07, 6.45) is 0. The van der Waals surface area contributed by atoms with Crippen molar-refractivity contribution in [1.82, 2.24) is 0 Å². The largest absolute Gasteiger partial charge is 0.489 e. The zero-order valence-electron chi connectivity index (χ0n) is 10.8. The Morgan fingerprint density at radius 3 is 2.60 bits per heavy atom. The first-order valence-electron chi connectivity index (χ1n) is 6.00. The molecule has 0 spiro atoms. The van der Waals surface area contributed by atoms with E-state index in [0.717, 1.165) is 11.6 Å². The van der Waals surface area contributed by atoms with E-state index in [1.807, 2.05) is 6.92 Å². The van der Waals surface area contributed by atoms with Gasteiger partial charge in [0.15, 0.2) is 0 Å². The normalized spacial score (nSPS) is 10.4. The molecule has 0 bridgehead atoms. The Labute approximate surface area is 121 Å². The SMILES string of the molecule is Cc1cc(Cl)ccc1OCc1cc(F)cc(B(O)O)c1. The van der Waals surface area contributed by atoms with Gasteiger partial charge in [0.05, 0.1) is 0 Å². The third-order valence-electron chi connectivity index (χ3n) is 2.81. The van der Waals surface area contributed by atoms with Crippen LogP contribution in [0.5, 0.6) is 5.75 Å². The molecule has 0 radical (unpaired) electrons. The highest BCUT2D eigenvalue weighted by Crippen LogP contribution is 2.22. The molecule has 2 N–H and O–H groups in total. The Hall–Kier alpha value is -1.56. The molecule has 0 amide bonds. The van der Waals surface area contributed by atoms with Crippen molar-refractivity contribution < 1.29 is 19.2 Å². The van der Waals surface area contributed by atoms with Gasteiger partial charge in [0.1, 0.15) is 18.2 Å². The van der Waals surface area contributed by atoms with Crippen LogP contribution >= 0.6 is 11.6 Å². The number of aryl methyl sites for hydroxylation is 1. The predicted octanol–water partition coefficient (Wildman–Crippen LogP) is 2.05. The van der Waals surface area contributed by atoms with E-state index in [4.69, 9.17) is 26.4 Å². The number of halogens is 2. The smallest absolute Gasteiger partial charge is 0.488 e. The minimum atomic E-state index is -1.71. The Bertz CT molecular complexity index is 619. The third-order valence-corrected chi connectivity index (χ3v) is 3.04. The van der Waals surface area contributed by atoms with Crippen LogP contribution in [0.2, 0.25) is 5.02 Å². The molecule has 2 rings (SSSR count). The van der Waals surface area contributed by atoms with E-state index in [1.54, 1.807) is 18.2 Å². The Balaban J connectivity index is 2.14. The lowest BCUT2D eigenvalue weighted by Crippen LogP contribution is -2.30. The van der Waals surface area contributed by atoms with Crippen LogP contribution in [0.25, 0.3) is 0 Å². The molecule has 104 valence electrons. The summed E-state index contributed by atoms with van der Waals surface area (Å²) in [5.74, 6) is 0.104. The number of rotatable bonds is 4. The van der Waals surface area contributed by atoms with Gasteiger partial charge in [-0.15, -0.1) is 0 Å². The van der Waals surface area contributed by atoms with Crippen LogP contribution in [0.1, 0.15) is 11.1 Å². The fraction of sp³-hybridized carbons (Fsp3) is 0.143. The number of hydrogen-bond acceptors (Lipinski definition) is 3. The molecule has 20 heavy (non-hydrogen) atoms. The molecule has 0 heterocycles. The fourth-order valence-corrected chi connectivity index (χ4v) is 2.07. The highest BCUT2D eigenvalue weighted by Gasteiger charge is 2.13. The van der Waals surface area contributed by atoms with Crippen LogP contribution in [0.15, 0.2) is 36.4 Å². The topological polar surface area (TPSA) is 49.7 Å². The van der Waals surface area contributed by atoms with Crippen molar-refractivity contribution in [2.24, 2.45) is 0 Å². The van der Waals surface area contributed by atoms with Crippen LogP contribution < -0.4 is 10.2 Å². The summed E-state index contributed by atoms with van der Waals surface area (Å²) in [5.41, 5.74) is 1.48. The van der Waals surface area contributed by atoms with Crippen molar-refractivity contribution in [3.8, 4) is 5.75 Å². The Morgan fingerprint density at radius 1 is 1.20 bits per heavy atom. The molecule has 0 saturated carbocycles. The lowest BCUT2D eigenvalue weighted by molar-refractivity contribution is 0.303. The number of hydrogen-bond donors (Lipinski definition) is 2. The second-order valence-electron chi connectivity index (χ2n) is 4.46. The lowest BCUT2D eigenvalue weighted by atomic mass is 9.79. The molecule has 2 aromatic rings. The molecule has 0 atom stereocenters. The van der Waals surface area contributed by atoms with Crippen LogP contribution in [-0.4, -0.2) is 17.2 Å². The zero-order valence-corrected chi connectivity index (χ0v) is 11.6. The van der Waals surface area contributed by atoms with Crippen molar-refractivity contribution in [2.45, 2.75) is 13.5 Å². The number of benzene rings is 2. The van der Waals surface area contributed by atoms with Gasteiger partial charge in [-0.25, -0.2) is 4.39 Å². The van der Waals surface area contributed by atoms with E-state index in [0.29, 0.717) is 16.3 Å². The summed E-state index contributed by atoms with van der Waals surface area (Å²) in [4.78, 5) is 0. The van der Waals surface area contributed by atoms with E-state index in [-0.39, 0.29) is 12.1 Å². The molecule has 0 aliphatic carbocycles. The fourth-order valence-electron chi connectivity index (χ4n) is 1.84. The van der Waals surface area contributed by atoms with Crippen molar-refractivity contribution in [3.05, 3.63) is 58.4 Å². The Morgan fingerprint density at radius 2 is 1.95 bits per heavy atom. The molecule has 2 aromatic carbocycles. The van der Waals surface area contributed by atoms with E-state index < -0.39 is 12.9 Å². The molecule has 0 saturated heterocycles. The minimum Gasteiger partial charge on any atom is -0.489 e. The monoisotopic (exact) mass is 294 g/mol. The van der Waals surface area contributed by atoms with Crippen molar-refractivity contribution in [3.63, 3.8) is 0 Å². The van der Waals surface area contributed by atoms with E-state index in [1.165, 1.54) is 12.1 Å². The quantitative estimate of drug-likeness (QED) is 0.849. The molecule has 0 aliphatic rings. The van der Waals surface area contributed by atoms with Gasteiger partial charge >= 0.3 is 7.12 Å². The van der Waals surface area contributed by atoms with Gasteiger partial charge in [-0.3, -0.25) is 0 Å². The highest BCUT2D eigenvalue weighted by molar-refractivity contribution is 6.58. The van der Waals surface area contributed by atoms with E-state index in [2.05, 4.69) is 0 Å². The predicted molar refractivity (Wildman–Crippen MR) is 76.7 cm³/mol. The first kappa shape index (κ1) is 14.8. The van der Waals surface area contributed by atoms with Gasteiger partial charge in [0.2, 0.25) is 0 Å². The summed E-state index contributed by atoms with van der Waals surface area (Å²) in [6.45, 7) is 1.98. The van der Waals surface area contributed by atoms with Gasteiger partial charge in [0.25, 0.3) is 0 Å². The van der Waals surface area contributed by atoms with E-state index in [9.17, 15) is 4.39 Å². The molecular weight excluding hydrogens is 281 g/mol. The molecule has 0 aliphatic heterocycles. The van der Waals surface area contributed by atoms with Crippen LogP contribution in [0, 0.1) is 12.7 Å². The van der Waals surface area contributed by atoms with E-state index >= 15 is 0 Å². The van der Waals surface area contributed by atoms with Crippen molar-refractivity contribution in [1.29, 1.82) is 0 Å². The third kappa shape index (κ3) is 3.73. The van der Waals surface area contributed by atoms with Crippen molar-refractivity contribution >= 4 is 24.2 Å². The standard InChI is InChI=1S/C14H13BClFO3/c1-9-4-12(16)2-3-14(9)20-8-10-5-11(15(18)19)7-13(17)6-10/h2-7,18-19H,8H2,1H3. The summed E-state index contributed by atoms with van der Waals surface area (Å²) in [7, 11) is -1.71. The molecule has 3 nitrogen and oxygen atoms in total. The maximum atomic E-state index is 13.4. The first-order chi connectivity index (χ1) is 9.45. The second-order valence-corrected chi connectivity index (χ2v) is 4.90. The zero-order chi connectivity index (χ0) is 14.7. The molecular formula is C14H13BClFO3. The summed E-state index contributed by atoms with van der Waals surface area (Å²) >= 11 is 5.85. The van der Waals surface area contributed by atoms with Gasteiger partial charge < -0.3 is 14.8 Å². The molecule has 0 unspecified atom stereocenters. The molecule has 6 heteroatoms. The highest BCUT2D eigenvalue weighted by atomic mass is 35.5. The van der Waals surface area contributed by atoms with Gasteiger partial charge in [-0.05, 0) is 53.8 Å². The maximum absolute atomic E-state index is 13.4. The molecule has 0 fully saturated rings. The van der Waals surface area contributed by atoms with Crippen molar-refractivity contribution in [2.75, 3.05) is 0 Å². The lowest BCUT2D eigenvalue weighted by Gasteiger charge is -2.10. The number of ether oxygens (including phenoxy) is 1. The summed E-state index contributed by atoms with van der Waals surface area (Å²) < 4.78 is 18.9. The average molecular weight is 295 g/mol. The van der Waals surface area contributed by atoms with Crippen LogP contribution in [-0.2, 0) is 6.61 Å². The maximum Gasteiger partial charge on any atom is 0.488 e.